The molecule has 0 spiro atoms. The summed E-state index contributed by atoms with van der Waals surface area (Å²) < 4.78 is 4.92. The quantitative estimate of drug-likeness (QED) is 0.711. The highest BCUT2D eigenvalue weighted by Gasteiger charge is 2.07. The van der Waals surface area contributed by atoms with Crippen molar-refractivity contribution in [3.63, 3.8) is 0 Å². The zero-order valence-corrected chi connectivity index (χ0v) is 10.7. The molecule has 0 aromatic carbocycles. The van der Waals surface area contributed by atoms with Crippen molar-refractivity contribution >= 4 is 11.8 Å². The van der Waals surface area contributed by atoms with E-state index in [9.17, 15) is 9.59 Å². The second-order valence-corrected chi connectivity index (χ2v) is 3.82. The van der Waals surface area contributed by atoms with Crippen LogP contribution < -0.4 is 10.6 Å². The second kappa shape index (κ2) is 7.41. The summed E-state index contributed by atoms with van der Waals surface area (Å²) in [7, 11) is 0. The lowest BCUT2D eigenvalue weighted by Crippen LogP contribution is -2.36. The summed E-state index contributed by atoms with van der Waals surface area (Å²) in [4.78, 5) is 26.5. The fourth-order valence-corrected chi connectivity index (χ4v) is 1.37. The third kappa shape index (κ3) is 5.42. The van der Waals surface area contributed by atoms with Crippen LogP contribution in [-0.2, 0) is 16.0 Å². The number of amides is 2. The van der Waals surface area contributed by atoms with Crippen molar-refractivity contribution in [2.45, 2.75) is 33.1 Å². The van der Waals surface area contributed by atoms with E-state index in [0.29, 0.717) is 37.5 Å². The van der Waals surface area contributed by atoms with Crippen LogP contribution in [0, 0.1) is 6.92 Å². The average Bonchev–Trinajstić information content (AvgIpc) is 2.73. The maximum absolute atomic E-state index is 11.4. The summed E-state index contributed by atoms with van der Waals surface area (Å²) >= 11 is 0. The number of rotatable bonds is 7. The van der Waals surface area contributed by atoms with Gasteiger partial charge in [0, 0.05) is 19.4 Å². The predicted molar refractivity (Wildman–Crippen MR) is 63.7 cm³/mol. The lowest BCUT2D eigenvalue weighted by atomic mass is 10.2. The number of nitrogens with one attached hydrogen (secondary N) is 2. The van der Waals surface area contributed by atoms with Crippen molar-refractivity contribution in [3.05, 3.63) is 11.7 Å². The van der Waals surface area contributed by atoms with E-state index >= 15 is 0 Å². The van der Waals surface area contributed by atoms with Crippen LogP contribution >= 0.6 is 0 Å². The van der Waals surface area contributed by atoms with Gasteiger partial charge in [0.15, 0.2) is 5.82 Å². The number of carbonyl (C=O) groups excluding carboxylic acids is 2. The molecule has 2 N–H and O–H groups in total. The minimum absolute atomic E-state index is 0.0202. The topological polar surface area (TPSA) is 97.1 Å². The lowest BCUT2D eigenvalue weighted by Gasteiger charge is -2.04. The molecule has 0 saturated carbocycles. The van der Waals surface area contributed by atoms with Gasteiger partial charge in [0.25, 0.3) is 0 Å². The predicted octanol–water partition coefficient (Wildman–Crippen LogP) is -0.0470. The fourth-order valence-electron chi connectivity index (χ4n) is 1.37. The fraction of sp³-hybridized carbons (Fsp3) is 0.636. The summed E-state index contributed by atoms with van der Waals surface area (Å²) in [6.07, 6.45) is 1.51. The van der Waals surface area contributed by atoms with Gasteiger partial charge in [0.05, 0.1) is 6.54 Å². The van der Waals surface area contributed by atoms with Gasteiger partial charge >= 0.3 is 0 Å². The Bertz CT molecular complexity index is 403. The van der Waals surface area contributed by atoms with Crippen LogP contribution in [0.5, 0.6) is 0 Å². The molecular weight excluding hydrogens is 236 g/mol. The molecule has 2 amide bonds. The molecule has 1 heterocycles. The van der Waals surface area contributed by atoms with Gasteiger partial charge in [0.2, 0.25) is 17.7 Å². The third-order valence-electron chi connectivity index (χ3n) is 2.18. The van der Waals surface area contributed by atoms with Crippen molar-refractivity contribution < 1.29 is 14.1 Å². The number of aryl methyl sites for hydroxylation is 2. The summed E-state index contributed by atoms with van der Waals surface area (Å²) in [5, 5.41) is 8.79. The molecule has 1 aromatic heterocycles. The third-order valence-corrected chi connectivity index (χ3v) is 2.18. The minimum atomic E-state index is -0.182. The first-order valence-corrected chi connectivity index (χ1v) is 5.94. The molecule has 1 rings (SSSR count). The van der Waals surface area contributed by atoms with E-state index in [-0.39, 0.29) is 18.4 Å². The van der Waals surface area contributed by atoms with Gasteiger partial charge in [-0.15, -0.1) is 0 Å². The molecule has 0 unspecified atom stereocenters. The van der Waals surface area contributed by atoms with Crippen LogP contribution in [0.25, 0.3) is 0 Å². The molecule has 0 saturated heterocycles. The molecule has 0 bridgehead atoms. The molecule has 0 aliphatic rings. The Balaban J connectivity index is 2.12. The van der Waals surface area contributed by atoms with E-state index < -0.39 is 0 Å². The Morgan fingerprint density at radius 3 is 2.67 bits per heavy atom. The Morgan fingerprint density at radius 2 is 2.06 bits per heavy atom. The molecule has 18 heavy (non-hydrogen) atoms. The SMILES string of the molecule is CCNC(=O)CNC(=O)CCCc1nc(C)no1. The van der Waals surface area contributed by atoms with E-state index in [2.05, 4.69) is 20.8 Å². The highest BCUT2D eigenvalue weighted by molar-refractivity contribution is 5.84. The molecule has 0 radical (unpaired) electrons. The Labute approximate surface area is 105 Å². The summed E-state index contributed by atoms with van der Waals surface area (Å²) in [5.41, 5.74) is 0. The maximum Gasteiger partial charge on any atom is 0.239 e. The lowest BCUT2D eigenvalue weighted by molar-refractivity contribution is -0.126. The first kappa shape index (κ1) is 14.1. The van der Waals surface area contributed by atoms with Crippen LogP contribution in [0.2, 0.25) is 0 Å². The zero-order valence-electron chi connectivity index (χ0n) is 10.7. The average molecular weight is 254 g/mol. The van der Waals surface area contributed by atoms with Gasteiger partial charge in [-0.25, -0.2) is 0 Å². The smallest absolute Gasteiger partial charge is 0.239 e. The minimum Gasteiger partial charge on any atom is -0.355 e. The van der Waals surface area contributed by atoms with E-state index in [1.807, 2.05) is 6.92 Å². The van der Waals surface area contributed by atoms with Crippen molar-refractivity contribution in [3.8, 4) is 0 Å². The van der Waals surface area contributed by atoms with Gasteiger partial charge in [-0.05, 0) is 20.3 Å². The van der Waals surface area contributed by atoms with Crippen LogP contribution in [0.1, 0.15) is 31.5 Å². The number of hydrogen-bond acceptors (Lipinski definition) is 5. The monoisotopic (exact) mass is 254 g/mol. The highest BCUT2D eigenvalue weighted by Crippen LogP contribution is 2.02. The normalized spacial score (nSPS) is 10.1. The summed E-state index contributed by atoms with van der Waals surface area (Å²) in [6.45, 7) is 4.15. The van der Waals surface area contributed by atoms with Gasteiger partial charge < -0.3 is 15.2 Å². The molecule has 100 valence electrons. The standard InChI is InChI=1S/C11H18N4O3/c1-3-12-10(17)7-13-9(16)5-4-6-11-14-8(2)15-18-11/h3-7H2,1-2H3,(H,12,17)(H,13,16). The number of carbonyl (C=O) groups is 2. The van der Waals surface area contributed by atoms with Gasteiger partial charge in [-0.3, -0.25) is 9.59 Å². The second-order valence-electron chi connectivity index (χ2n) is 3.82. The van der Waals surface area contributed by atoms with Crippen molar-refractivity contribution in [1.82, 2.24) is 20.8 Å². The van der Waals surface area contributed by atoms with Gasteiger partial charge in [-0.1, -0.05) is 5.16 Å². The van der Waals surface area contributed by atoms with Gasteiger partial charge in [-0.2, -0.15) is 4.98 Å². The van der Waals surface area contributed by atoms with Crippen molar-refractivity contribution in [1.29, 1.82) is 0 Å². The highest BCUT2D eigenvalue weighted by atomic mass is 16.5. The molecule has 7 heteroatoms. The van der Waals surface area contributed by atoms with E-state index in [0.717, 1.165) is 0 Å². The first-order valence-electron chi connectivity index (χ1n) is 5.94. The van der Waals surface area contributed by atoms with E-state index in [4.69, 9.17) is 4.52 Å². The van der Waals surface area contributed by atoms with Crippen molar-refractivity contribution in [2.24, 2.45) is 0 Å². The molecule has 0 atom stereocenters. The molecular formula is C11H18N4O3. The number of hydrogen-bond donors (Lipinski definition) is 2. The maximum atomic E-state index is 11.4. The molecule has 7 nitrogen and oxygen atoms in total. The van der Waals surface area contributed by atoms with E-state index in [1.54, 1.807) is 6.92 Å². The molecule has 0 aliphatic heterocycles. The largest absolute Gasteiger partial charge is 0.355 e. The Hall–Kier alpha value is -1.92. The number of aromatic nitrogens is 2. The Kier molecular flexibility index (Phi) is 5.83. The van der Waals surface area contributed by atoms with Gasteiger partial charge in [0.1, 0.15) is 0 Å². The first-order chi connectivity index (χ1) is 8.61. The molecule has 0 aliphatic carbocycles. The number of likely N-dealkylation sites (N-methyl/N-ethyl adjacent to an activating group) is 1. The van der Waals surface area contributed by atoms with Crippen LogP contribution in [0.15, 0.2) is 4.52 Å². The van der Waals surface area contributed by atoms with E-state index in [1.165, 1.54) is 0 Å². The van der Waals surface area contributed by atoms with Crippen molar-refractivity contribution in [2.75, 3.05) is 13.1 Å². The van der Waals surface area contributed by atoms with Crippen LogP contribution in [0.4, 0.5) is 0 Å². The van der Waals surface area contributed by atoms with Crippen LogP contribution in [0.3, 0.4) is 0 Å². The van der Waals surface area contributed by atoms with Crippen LogP contribution in [-0.4, -0.2) is 35.0 Å². The number of nitrogens with zero attached hydrogens (tertiary/aromatic N) is 2. The summed E-state index contributed by atoms with van der Waals surface area (Å²) in [5.74, 6) is 0.783. The zero-order chi connectivity index (χ0) is 13.4. The molecule has 0 fully saturated rings. The molecule has 1 aromatic rings. The Morgan fingerprint density at radius 1 is 1.28 bits per heavy atom. The summed E-state index contributed by atoms with van der Waals surface area (Å²) in [6, 6.07) is 0.